The molecule has 1 heterocycles. The number of halogens is 7. The van der Waals surface area contributed by atoms with Crippen LogP contribution in [0.15, 0.2) is 29.8 Å². The quantitative estimate of drug-likeness (QED) is 0.0458. The monoisotopic (exact) mass is 849 g/mol. The molecule has 0 aromatic heterocycles. The van der Waals surface area contributed by atoms with Gasteiger partial charge in [-0.3, -0.25) is 10.6 Å². The van der Waals surface area contributed by atoms with Crippen molar-refractivity contribution in [1.29, 1.82) is 0 Å². The lowest BCUT2D eigenvalue weighted by Crippen LogP contribution is -2.92. The topological polar surface area (TPSA) is 331 Å². The van der Waals surface area contributed by atoms with Gasteiger partial charge < -0.3 is 71.5 Å². The molecule has 1 saturated heterocycles. The van der Waals surface area contributed by atoms with E-state index >= 15 is 0 Å². The van der Waals surface area contributed by atoms with Crippen LogP contribution >= 0.6 is 0 Å². The Kier molecular flexibility index (Phi) is 14.8. The highest BCUT2D eigenvalue weighted by atomic mass is 19.4. The van der Waals surface area contributed by atoms with Crippen molar-refractivity contribution in [3.8, 4) is 0 Å². The molecule has 1 fully saturated rings. The molecular weight excluding hydrogens is 799 g/mol. The van der Waals surface area contributed by atoms with Crippen molar-refractivity contribution in [2.75, 3.05) is 13.7 Å². The van der Waals surface area contributed by atoms with Crippen molar-refractivity contribution in [3.05, 3.63) is 46.8 Å². The number of hydrogen-bond acceptors (Lipinski definition) is 19. The van der Waals surface area contributed by atoms with Crippen molar-refractivity contribution in [3.63, 3.8) is 0 Å². The molecule has 1 aromatic rings. The number of likely N-dealkylation sites (N-methyl/N-ethyl adjacent to an activating group) is 1. The minimum atomic E-state index is -5.10. The Bertz CT molecular complexity index is 1580. The minimum absolute atomic E-state index is 0.00215. The average molecular weight is 850 g/mol. The van der Waals surface area contributed by atoms with Gasteiger partial charge in [-0.25, -0.2) is 14.6 Å². The summed E-state index contributed by atoms with van der Waals surface area (Å²) in [5, 5.41) is 154. The molecule has 1 aliphatic rings. The normalized spacial score (nSPS) is 25.3. The van der Waals surface area contributed by atoms with E-state index in [4.69, 9.17) is 5.73 Å². The van der Waals surface area contributed by atoms with Gasteiger partial charge in [0.05, 0.1) is 24.5 Å². The van der Waals surface area contributed by atoms with Crippen LogP contribution in [0.5, 0.6) is 0 Å². The van der Waals surface area contributed by atoms with Gasteiger partial charge in [-0.15, -0.1) is 0 Å². The molecule has 0 radical (unpaired) electrons. The second-order valence-electron chi connectivity index (χ2n) is 14.4. The maximum atomic E-state index is 14.4. The maximum absolute atomic E-state index is 14.4. The highest BCUT2D eigenvalue weighted by Gasteiger charge is 2.78. The third kappa shape index (κ3) is 10.0. The average Bonchev–Trinajstić information content (AvgIpc) is 3.00. The summed E-state index contributed by atoms with van der Waals surface area (Å²) in [6, 6.07) is -6.25. The summed E-state index contributed by atoms with van der Waals surface area (Å²) in [5.74, 6) is -29.1. The summed E-state index contributed by atoms with van der Waals surface area (Å²) in [6.07, 6.45) is -16.5. The number of allylic oxidation sites excluding steroid dienone is 1. The van der Waals surface area contributed by atoms with E-state index in [0.717, 1.165) is 25.8 Å². The lowest BCUT2D eigenvalue weighted by Gasteiger charge is -2.64. The fourth-order valence-corrected chi connectivity index (χ4v) is 6.39. The van der Waals surface area contributed by atoms with Gasteiger partial charge in [0.1, 0.15) is 18.1 Å². The van der Waals surface area contributed by atoms with Crippen LogP contribution in [0.25, 0.3) is 0 Å². The van der Waals surface area contributed by atoms with Crippen molar-refractivity contribution >= 4 is 0 Å². The van der Waals surface area contributed by atoms with Crippen molar-refractivity contribution in [2.24, 2.45) is 17.6 Å². The first-order valence-corrected chi connectivity index (χ1v) is 16.7. The Morgan fingerprint density at radius 3 is 1.84 bits per heavy atom. The second-order valence-corrected chi connectivity index (χ2v) is 14.4. The van der Waals surface area contributed by atoms with E-state index in [2.05, 4.69) is 0 Å². The zero-order chi connectivity index (χ0) is 45.0. The molecule has 7 atom stereocenters. The molecule has 332 valence electrons. The summed E-state index contributed by atoms with van der Waals surface area (Å²) in [6.45, 7) is 2.77. The Hall–Kier alpha value is -2.29. The zero-order valence-corrected chi connectivity index (χ0v) is 31.1. The Morgan fingerprint density at radius 1 is 0.912 bits per heavy atom. The van der Waals surface area contributed by atoms with Gasteiger partial charge in [0.15, 0.2) is 0 Å². The minimum Gasteiger partial charge on any atom is -0.379 e. The standard InChI is InChI=1S/C31H50F7N5O14/c1-13-9-19(32)7-8-20(13)21-24(47,48)22(43(28(50,51)23(45)46)31(56,57)29(52,53)40-17(5)44)25(39,49)30(54,55)42(21)12-41(6)16(4)18(10-14(2)26(33,34)35)11-15(3)27(36,37)38/h7-10,14-17,21-23,40,44-57H,11-12,39H2,1-6H3. The van der Waals surface area contributed by atoms with E-state index in [-0.39, 0.29) is 10.5 Å². The first kappa shape index (κ1) is 50.9. The van der Waals surface area contributed by atoms with Gasteiger partial charge in [-0.2, -0.15) is 31.2 Å². The maximum Gasteiger partial charge on any atom is 0.394 e. The predicted octanol–water partition coefficient (Wildman–Crippen LogP) is -3.73. The van der Waals surface area contributed by atoms with E-state index < -0.39 is 125 Å². The second kappa shape index (κ2) is 16.6. The first-order valence-electron chi connectivity index (χ1n) is 16.7. The van der Waals surface area contributed by atoms with Crippen LogP contribution in [0.3, 0.4) is 0 Å². The number of nitrogens with two attached hydrogens (primary N) is 1. The Morgan fingerprint density at radius 2 is 1.42 bits per heavy atom. The molecule has 1 aliphatic heterocycles. The van der Waals surface area contributed by atoms with E-state index in [9.17, 15) is 102 Å². The van der Waals surface area contributed by atoms with Crippen LogP contribution in [0.4, 0.5) is 30.7 Å². The Labute approximate surface area is 319 Å². The third-order valence-corrected chi connectivity index (χ3v) is 9.82. The first-order chi connectivity index (χ1) is 25.2. The van der Waals surface area contributed by atoms with Gasteiger partial charge >= 0.3 is 18.3 Å². The number of likely N-dealkylation sites (tertiary alicyclic amines) is 1. The zero-order valence-electron chi connectivity index (χ0n) is 31.1. The van der Waals surface area contributed by atoms with Crippen LogP contribution < -0.4 is 11.1 Å². The van der Waals surface area contributed by atoms with Gasteiger partial charge in [0.2, 0.25) is 17.8 Å². The summed E-state index contributed by atoms with van der Waals surface area (Å²) in [5.41, 5.74) is -0.296. The summed E-state index contributed by atoms with van der Waals surface area (Å²) in [4.78, 5) is -0.552. The van der Waals surface area contributed by atoms with Crippen molar-refractivity contribution < 1.29 is 102 Å². The number of nitrogens with one attached hydrogen (secondary N) is 1. The fourth-order valence-electron chi connectivity index (χ4n) is 6.39. The molecule has 0 saturated carbocycles. The molecule has 19 nitrogen and oxygen atoms in total. The fraction of sp³-hybridized carbons (Fsp3) is 0.742. The molecule has 0 aliphatic carbocycles. The number of rotatable bonds is 15. The summed E-state index contributed by atoms with van der Waals surface area (Å²) in [7, 11) is 0.957. The number of benzene rings is 1. The number of hydrogen-bond donors (Lipinski definition) is 16. The third-order valence-electron chi connectivity index (χ3n) is 9.82. The number of aliphatic hydroxyl groups is 14. The van der Waals surface area contributed by atoms with Crippen molar-refractivity contribution in [2.45, 2.75) is 119 Å². The smallest absolute Gasteiger partial charge is 0.379 e. The predicted molar refractivity (Wildman–Crippen MR) is 175 cm³/mol. The lowest BCUT2D eigenvalue weighted by molar-refractivity contribution is -0.538. The highest BCUT2D eigenvalue weighted by Crippen LogP contribution is 2.52. The van der Waals surface area contributed by atoms with Crippen LogP contribution in [-0.4, -0.2) is 172 Å². The van der Waals surface area contributed by atoms with E-state index in [0.29, 0.717) is 45.0 Å². The van der Waals surface area contributed by atoms with E-state index in [1.807, 2.05) is 0 Å². The SMILES string of the molecule is Cc1cc(F)ccc1C1N(CN(C)C(C)C(=CC(C)C(F)(F)F)CC(C)C(F)(F)F)C(O)(O)C(N)(O)C(N(C(O)(O)C(O)O)C(O)(O)C(O)(O)NC(C)O)C1(O)O. The number of alkyl halides is 6. The largest absolute Gasteiger partial charge is 0.394 e. The molecule has 26 heteroatoms. The van der Waals surface area contributed by atoms with Gasteiger partial charge in [0.25, 0.3) is 17.7 Å². The number of aryl methyl sites for hydroxylation is 1. The van der Waals surface area contributed by atoms with Crippen LogP contribution in [-0.2, 0) is 0 Å². The molecule has 57 heavy (non-hydrogen) atoms. The number of aliphatic hydroxyl groups excluding tert-OH is 2. The molecule has 0 spiro atoms. The van der Waals surface area contributed by atoms with E-state index in [1.54, 1.807) is 0 Å². The molecule has 7 unspecified atom stereocenters. The van der Waals surface area contributed by atoms with Crippen molar-refractivity contribution in [1.82, 2.24) is 20.0 Å². The molecule has 17 N–H and O–H groups in total. The Balaban J connectivity index is 3.05. The molecule has 0 amide bonds. The number of piperidine rings is 1. The van der Waals surface area contributed by atoms with Crippen LogP contribution in [0, 0.1) is 24.6 Å². The molecular formula is C31H50F7N5O14. The molecule has 0 bridgehead atoms. The lowest BCUT2D eigenvalue weighted by atomic mass is 9.76. The van der Waals surface area contributed by atoms with E-state index in [1.165, 1.54) is 5.32 Å². The number of nitrogens with zero attached hydrogens (tertiary/aromatic N) is 3. The summed E-state index contributed by atoms with van der Waals surface area (Å²) >= 11 is 0. The van der Waals surface area contributed by atoms with Gasteiger partial charge in [0, 0.05) is 6.04 Å². The van der Waals surface area contributed by atoms with Gasteiger partial charge in [-0.05, 0) is 57.5 Å². The highest BCUT2D eigenvalue weighted by molar-refractivity contribution is 5.34. The van der Waals surface area contributed by atoms with Crippen LogP contribution in [0.1, 0.15) is 51.3 Å². The summed E-state index contributed by atoms with van der Waals surface area (Å²) < 4.78 is 96.1. The van der Waals surface area contributed by atoms with Gasteiger partial charge in [-0.1, -0.05) is 31.6 Å². The van der Waals surface area contributed by atoms with Crippen LogP contribution in [0.2, 0.25) is 0 Å². The molecule has 2 rings (SSSR count). The molecule has 1 aromatic carbocycles.